The predicted molar refractivity (Wildman–Crippen MR) is 99.6 cm³/mol. The molecular formula is C18H30ClN3O. The number of rotatable bonds is 5. The minimum atomic E-state index is 0. The molecule has 5 heteroatoms. The van der Waals surface area contributed by atoms with Crippen LogP contribution in [0.1, 0.15) is 29.5 Å². The lowest BCUT2D eigenvalue weighted by molar-refractivity contribution is -0.117. The fraction of sp³-hybridized carbons (Fsp3) is 0.611. The van der Waals surface area contributed by atoms with Gasteiger partial charge in [0.25, 0.3) is 0 Å². The first kappa shape index (κ1) is 19.9. The van der Waals surface area contributed by atoms with E-state index in [2.05, 4.69) is 48.4 Å². The Morgan fingerprint density at radius 3 is 2.26 bits per heavy atom. The van der Waals surface area contributed by atoms with E-state index in [9.17, 15) is 4.79 Å². The summed E-state index contributed by atoms with van der Waals surface area (Å²) in [7, 11) is 2.01. The van der Waals surface area contributed by atoms with Crippen molar-refractivity contribution in [2.75, 3.05) is 38.5 Å². The quantitative estimate of drug-likeness (QED) is 0.867. The standard InChI is InChI=1S/C18H29N3O.ClH/c1-13-9-14(2)18(15(3)10-13)20-17(22)12-21-7-5-16(6-8-21)11-19-4;/h9-10,16,19H,5-8,11-12H2,1-4H3,(H,20,22);1H. The molecule has 0 radical (unpaired) electrons. The zero-order chi connectivity index (χ0) is 16.1. The molecule has 0 atom stereocenters. The number of hydrogen-bond donors (Lipinski definition) is 2. The zero-order valence-electron chi connectivity index (χ0n) is 14.7. The average molecular weight is 340 g/mol. The van der Waals surface area contributed by atoms with E-state index in [0.717, 1.165) is 42.4 Å². The van der Waals surface area contributed by atoms with E-state index in [-0.39, 0.29) is 18.3 Å². The summed E-state index contributed by atoms with van der Waals surface area (Å²) in [5.41, 5.74) is 4.48. The van der Waals surface area contributed by atoms with Crippen LogP contribution >= 0.6 is 12.4 Å². The second-order valence-corrected chi connectivity index (χ2v) is 6.60. The number of piperidine rings is 1. The maximum atomic E-state index is 12.3. The topological polar surface area (TPSA) is 44.4 Å². The van der Waals surface area contributed by atoms with Crippen LogP contribution in [0.2, 0.25) is 0 Å². The molecule has 0 saturated carbocycles. The summed E-state index contributed by atoms with van der Waals surface area (Å²) < 4.78 is 0. The largest absolute Gasteiger partial charge is 0.324 e. The van der Waals surface area contributed by atoms with Crippen LogP contribution in [0, 0.1) is 26.7 Å². The Bertz CT molecular complexity index is 502. The van der Waals surface area contributed by atoms with Crippen molar-refractivity contribution in [2.24, 2.45) is 5.92 Å². The van der Waals surface area contributed by atoms with Gasteiger partial charge in [-0.1, -0.05) is 17.7 Å². The summed E-state index contributed by atoms with van der Waals surface area (Å²) in [5.74, 6) is 0.855. The number of benzene rings is 1. The summed E-state index contributed by atoms with van der Waals surface area (Å²) in [5, 5.41) is 6.34. The van der Waals surface area contributed by atoms with Gasteiger partial charge in [0, 0.05) is 5.69 Å². The van der Waals surface area contributed by atoms with Crippen LogP contribution in [0.25, 0.3) is 0 Å². The smallest absolute Gasteiger partial charge is 0.238 e. The van der Waals surface area contributed by atoms with E-state index in [1.807, 2.05) is 7.05 Å². The first-order valence-electron chi connectivity index (χ1n) is 8.24. The number of aryl methyl sites for hydroxylation is 3. The van der Waals surface area contributed by atoms with Gasteiger partial charge in [-0.2, -0.15) is 0 Å². The third-order valence-electron chi connectivity index (χ3n) is 4.51. The second-order valence-electron chi connectivity index (χ2n) is 6.60. The molecule has 1 aliphatic rings. The van der Waals surface area contributed by atoms with Crippen LogP contribution < -0.4 is 10.6 Å². The highest BCUT2D eigenvalue weighted by atomic mass is 35.5. The van der Waals surface area contributed by atoms with Crippen molar-refractivity contribution in [1.29, 1.82) is 0 Å². The Labute approximate surface area is 146 Å². The fourth-order valence-electron chi connectivity index (χ4n) is 3.40. The van der Waals surface area contributed by atoms with Gasteiger partial charge in [-0.05, 0) is 77.3 Å². The lowest BCUT2D eigenvalue weighted by Gasteiger charge is -2.31. The Morgan fingerprint density at radius 1 is 1.17 bits per heavy atom. The summed E-state index contributed by atoms with van der Waals surface area (Å²) in [6, 6.07) is 4.23. The first-order chi connectivity index (χ1) is 10.5. The van der Waals surface area contributed by atoms with E-state index in [1.165, 1.54) is 18.4 Å². The molecule has 23 heavy (non-hydrogen) atoms. The van der Waals surface area contributed by atoms with E-state index in [4.69, 9.17) is 0 Å². The molecule has 0 spiro atoms. The molecule has 1 heterocycles. The summed E-state index contributed by atoms with van der Waals surface area (Å²) in [4.78, 5) is 14.6. The molecule has 2 N–H and O–H groups in total. The van der Waals surface area contributed by atoms with Gasteiger partial charge in [0.1, 0.15) is 0 Å². The van der Waals surface area contributed by atoms with E-state index < -0.39 is 0 Å². The highest BCUT2D eigenvalue weighted by molar-refractivity contribution is 5.93. The van der Waals surface area contributed by atoms with Crippen LogP contribution in [-0.2, 0) is 4.79 Å². The summed E-state index contributed by atoms with van der Waals surface area (Å²) >= 11 is 0. The van der Waals surface area contributed by atoms with Gasteiger partial charge < -0.3 is 10.6 Å². The molecule has 1 aromatic rings. The van der Waals surface area contributed by atoms with E-state index in [1.54, 1.807) is 0 Å². The van der Waals surface area contributed by atoms with Crippen LogP contribution in [0.4, 0.5) is 5.69 Å². The average Bonchev–Trinajstić information content (AvgIpc) is 2.45. The maximum Gasteiger partial charge on any atom is 0.238 e. The Morgan fingerprint density at radius 2 is 1.74 bits per heavy atom. The third kappa shape index (κ3) is 5.79. The molecule has 2 rings (SSSR count). The van der Waals surface area contributed by atoms with Crippen molar-refractivity contribution in [3.63, 3.8) is 0 Å². The molecule has 1 saturated heterocycles. The molecule has 0 aliphatic carbocycles. The van der Waals surface area contributed by atoms with E-state index >= 15 is 0 Å². The molecule has 0 aromatic heterocycles. The molecule has 1 amide bonds. The molecule has 4 nitrogen and oxygen atoms in total. The number of anilines is 1. The molecule has 0 bridgehead atoms. The van der Waals surface area contributed by atoms with Gasteiger partial charge in [-0.25, -0.2) is 0 Å². The predicted octanol–water partition coefficient (Wildman–Crippen LogP) is 2.90. The number of amides is 1. The monoisotopic (exact) mass is 339 g/mol. The van der Waals surface area contributed by atoms with Crippen molar-refractivity contribution in [1.82, 2.24) is 10.2 Å². The minimum absolute atomic E-state index is 0. The van der Waals surface area contributed by atoms with Crippen LogP contribution in [0.15, 0.2) is 12.1 Å². The van der Waals surface area contributed by atoms with Gasteiger partial charge in [0.2, 0.25) is 5.91 Å². The SMILES string of the molecule is CNCC1CCN(CC(=O)Nc2c(C)cc(C)cc2C)CC1.Cl. The first-order valence-corrected chi connectivity index (χ1v) is 8.24. The van der Waals surface area contributed by atoms with Crippen molar-refractivity contribution in [3.05, 3.63) is 28.8 Å². The van der Waals surface area contributed by atoms with Crippen molar-refractivity contribution in [3.8, 4) is 0 Å². The number of nitrogens with zero attached hydrogens (tertiary/aromatic N) is 1. The van der Waals surface area contributed by atoms with Crippen molar-refractivity contribution in [2.45, 2.75) is 33.6 Å². The normalized spacial score (nSPS) is 16.0. The highest BCUT2D eigenvalue weighted by Crippen LogP contribution is 2.22. The lowest BCUT2D eigenvalue weighted by Crippen LogP contribution is -2.41. The van der Waals surface area contributed by atoms with Crippen LogP contribution in [0.5, 0.6) is 0 Å². The van der Waals surface area contributed by atoms with E-state index in [0.29, 0.717) is 6.54 Å². The minimum Gasteiger partial charge on any atom is -0.324 e. The van der Waals surface area contributed by atoms with Gasteiger partial charge in [0.05, 0.1) is 6.54 Å². The van der Waals surface area contributed by atoms with Crippen LogP contribution in [-0.4, -0.2) is 44.0 Å². The van der Waals surface area contributed by atoms with Crippen molar-refractivity contribution >= 4 is 24.0 Å². The number of hydrogen-bond acceptors (Lipinski definition) is 3. The van der Waals surface area contributed by atoms with Gasteiger partial charge >= 0.3 is 0 Å². The highest BCUT2D eigenvalue weighted by Gasteiger charge is 2.20. The number of carbonyl (C=O) groups is 1. The summed E-state index contributed by atoms with van der Waals surface area (Å²) in [6.45, 7) is 9.82. The Balaban J connectivity index is 0.00000264. The number of nitrogens with one attached hydrogen (secondary N) is 2. The van der Waals surface area contributed by atoms with Crippen molar-refractivity contribution < 1.29 is 4.79 Å². The lowest BCUT2D eigenvalue weighted by atomic mass is 9.97. The molecule has 130 valence electrons. The Hall–Kier alpha value is -1.10. The number of carbonyl (C=O) groups excluding carboxylic acids is 1. The summed E-state index contributed by atoms with van der Waals surface area (Å²) in [6.07, 6.45) is 2.35. The zero-order valence-corrected chi connectivity index (χ0v) is 15.6. The Kier molecular flexibility index (Phi) is 8.03. The molecule has 1 aliphatic heterocycles. The van der Waals surface area contributed by atoms with Gasteiger partial charge in [-0.15, -0.1) is 12.4 Å². The fourth-order valence-corrected chi connectivity index (χ4v) is 3.40. The van der Waals surface area contributed by atoms with Gasteiger partial charge in [-0.3, -0.25) is 9.69 Å². The maximum absolute atomic E-state index is 12.3. The number of likely N-dealkylation sites (tertiary alicyclic amines) is 1. The number of halogens is 1. The van der Waals surface area contributed by atoms with Gasteiger partial charge in [0.15, 0.2) is 0 Å². The molecule has 1 fully saturated rings. The molecule has 0 unspecified atom stereocenters. The second kappa shape index (κ2) is 9.26. The molecular weight excluding hydrogens is 310 g/mol. The third-order valence-corrected chi connectivity index (χ3v) is 4.51. The molecule has 1 aromatic carbocycles. The van der Waals surface area contributed by atoms with Crippen LogP contribution in [0.3, 0.4) is 0 Å².